The van der Waals surface area contributed by atoms with Crippen molar-refractivity contribution in [1.82, 2.24) is 4.57 Å². The van der Waals surface area contributed by atoms with Gasteiger partial charge in [-0.2, -0.15) is 11.3 Å². The third-order valence-corrected chi connectivity index (χ3v) is 5.13. The van der Waals surface area contributed by atoms with Crippen LogP contribution in [0.5, 0.6) is 0 Å². The Hall–Kier alpha value is -1.06. The van der Waals surface area contributed by atoms with Gasteiger partial charge >= 0.3 is 0 Å². The fourth-order valence-electron chi connectivity index (χ4n) is 3.41. The smallest absolute Gasteiger partial charge is 0.0812 e. The van der Waals surface area contributed by atoms with E-state index >= 15 is 0 Å². The number of rotatable bonds is 3. The van der Waals surface area contributed by atoms with Crippen molar-refractivity contribution in [3.8, 4) is 0 Å². The number of thiophene rings is 1. The van der Waals surface area contributed by atoms with Crippen molar-refractivity contribution < 1.29 is 5.11 Å². The molecule has 0 aromatic carbocycles. The summed E-state index contributed by atoms with van der Waals surface area (Å²) in [5.41, 5.74) is 4.06. The van der Waals surface area contributed by atoms with Crippen LogP contribution in [0.15, 0.2) is 29.1 Å². The van der Waals surface area contributed by atoms with Crippen LogP contribution in [-0.4, -0.2) is 9.67 Å². The summed E-state index contributed by atoms with van der Waals surface area (Å²) in [5.74, 6) is 0. The van der Waals surface area contributed by atoms with Gasteiger partial charge in [0, 0.05) is 23.5 Å². The van der Waals surface area contributed by atoms with Crippen LogP contribution in [0.1, 0.15) is 56.2 Å². The summed E-state index contributed by atoms with van der Waals surface area (Å²) in [6.45, 7) is 6.77. The predicted octanol–water partition coefficient (Wildman–Crippen LogP) is 4.36. The molecule has 2 aromatic rings. The molecule has 2 nitrogen and oxygen atoms in total. The molecular formula is C17H23NOS. The summed E-state index contributed by atoms with van der Waals surface area (Å²) in [6, 6.07) is 4.75. The molecule has 108 valence electrons. The molecule has 0 saturated carbocycles. The van der Waals surface area contributed by atoms with Gasteiger partial charge in [0.15, 0.2) is 0 Å². The van der Waals surface area contributed by atoms with Gasteiger partial charge in [-0.05, 0) is 60.1 Å². The fraction of sp³-hybridized carbons (Fsp3) is 0.529. The SMILES string of the molecule is CC(Cc1ccsc1)n1ccc2c1CC(C)(C)CC2O. The van der Waals surface area contributed by atoms with E-state index < -0.39 is 0 Å². The number of fused-ring (bicyclic) bond motifs is 1. The Morgan fingerprint density at radius 3 is 2.95 bits per heavy atom. The summed E-state index contributed by atoms with van der Waals surface area (Å²) in [6.07, 6.45) is 4.83. The van der Waals surface area contributed by atoms with Gasteiger partial charge in [0.05, 0.1) is 6.10 Å². The van der Waals surface area contributed by atoms with E-state index in [0.717, 1.165) is 24.8 Å². The van der Waals surface area contributed by atoms with Crippen LogP contribution >= 0.6 is 11.3 Å². The van der Waals surface area contributed by atoms with Gasteiger partial charge in [-0.25, -0.2) is 0 Å². The molecule has 0 fully saturated rings. The van der Waals surface area contributed by atoms with E-state index in [0.29, 0.717) is 6.04 Å². The van der Waals surface area contributed by atoms with Crippen LogP contribution in [-0.2, 0) is 12.8 Å². The minimum atomic E-state index is -0.302. The molecule has 1 aliphatic carbocycles. The maximum absolute atomic E-state index is 10.3. The van der Waals surface area contributed by atoms with Crippen molar-refractivity contribution in [3.05, 3.63) is 45.9 Å². The van der Waals surface area contributed by atoms with E-state index in [1.165, 1.54) is 11.3 Å². The van der Waals surface area contributed by atoms with Gasteiger partial charge in [0.1, 0.15) is 0 Å². The van der Waals surface area contributed by atoms with Crippen molar-refractivity contribution in [2.75, 3.05) is 0 Å². The molecule has 1 N–H and O–H groups in total. The van der Waals surface area contributed by atoms with Gasteiger partial charge in [-0.3, -0.25) is 0 Å². The quantitative estimate of drug-likeness (QED) is 0.892. The van der Waals surface area contributed by atoms with Crippen LogP contribution in [0.2, 0.25) is 0 Å². The summed E-state index contributed by atoms with van der Waals surface area (Å²) >= 11 is 1.76. The molecule has 2 heterocycles. The Morgan fingerprint density at radius 1 is 1.45 bits per heavy atom. The number of aliphatic hydroxyl groups is 1. The zero-order valence-corrected chi connectivity index (χ0v) is 13.3. The maximum atomic E-state index is 10.3. The topological polar surface area (TPSA) is 25.2 Å². The highest BCUT2D eigenvalue weighted by Gasteiger charge is 2.33. The molecule has 0 radical (unpaired) electrons. The fourth-order valence-corrected chi connectivity index (χ4v) is 4.09. The van der Waals surface area contributed by atoms with E-state index in [2.05, 4.69) is 54.4 Å². The van der Waals surface area contributed by atoms with Crippen molar-refractivity contribution >= 4 is 11.3 Å². The van der Waals surface area contributed by atoms with Crippen molar-refractivity contribution in [2.45, 2.75) is 52.2 Å². The summed E-state index contributed by atoms with van der Waals surface area (Å²) in [7, 11) is 0. The first-order chi connectivity index (χ1) is 9.46. The summed E-state index contributed by atoms with van der Waals surface area (Å²) < 4.78 is 2.37. The first kappa shape index (κ1) is 13.9. The average molecular weight is 289 g/mol. The summed E-state index contributed by atoms with van der Waals surface area (Å²) in [5, 5.41) is 14.7. The van der Waals surface area contributed by atoms with Gasteiger partial charge in [0.25, 0.3) is 0 Å². The standard InChI is InChI=1S/C17H23NOS/c1-12(8-13-5-7-20-11-13)18-6-4-14-15(18)9-17(2,3)10-16(14)19/h4-7,11-12,16,19H,8-10H2,1-3H3. The molecule has 0 bridgehead atoms. The number of aliphatic hydroxyl groups excluding tert-OH is 1. The molecule has 0 amide bonds. The molecule has 2 aromatic heterocycles. The predicted molar refractivity (Wildman–Crippen MR) is 84.2 cm³/mol. The molecule has 2 unspecified atom stereocenters. The van der Waals surface area contributed by atoms with Crippen molar-refractivity contribution in [2.24, 2.45) is 5.41 Å². The Labute approximate surface area is 125 Å². The Bertz CT molecular complexity index is 582. The second-order valence-corrected chi connectivity index (χ2v) is 7.65. The van der Waals surface area contributed by atoms with Gasteiger partial charge < -0.3 is 9.67 Å². The lowest BCUT2D eigenvalue weighted by Gasteiger charge is -2.34. The molecule has 0 aliphatic heterocycles. The van der Waals surface area contributed by atoms with Crippen LogP contribution in [0.4, 0.5) is 0 Å². The molecule has 20 heavy (non-hydrogen) atoms. The first-order valence-corrected chi connectivity index (χ1v) is 8.29. The largest absolute Gasteiger partial charge is 0.388 e. The maximum Gasteiger partial charge on any atom is 0.0812 e. The normalized spacial score (nSPS) is 22.5. The van der Waals surface area contributed by atoms with Crippen LogP contribution in [0.25, 0.3) is 0 Å². The van der Waals surface area contributed by atoms with Crippen molar-refractivity contribution in [1.29, 1.82) is 0 Å². The van der Waals surface area contributed by atoms with E-state index in [1.54, 1.807) is 11.3 Å². The molecule has 2 atom stereocenters. The van der Waals surface area contributed by atoms with Gasteiger partial charge in [-0.1, -0.05) is 13.8 Å². The second kappa shape index (κ2) is 5.05. The third kappa shape index (κ3) is 2.57. The summed E-state index contributed by atoms with van der Waals surface area (Å²) in [4.78, 5) is 0. The van der Waals surface area contributed by atoms with Crippen LogP contribution in [0, 0.1) is 5.41 Å². The Balaban J connectivity index is 1.88. The minimum absolute atomic E-state index is 0.185. The number of aromatic nitrogens is 1. The average Bonchev–Trinajstić information content (AvgIpc) is 2.96. The monoisotopic (exact) mass is 289 g/mol. The number of hydrogen-bond donors (Lipinski definition) is 1. The second-order valence-electron chi connectivity index (χ2n) is 6.87. The van der Waals surface area contributed by atoms with E-state index in [-0.39, 0.29) is 11.5 Å². The highest BCUT2D eigenvalue weighted by Crippen LogP contribution is 2.42. The molecule has 3 heteroatoms. The zero-order chi connectivity index (χ0) is 14.3. The molecular weight excluding hydrogens is 266 g/mol. The lowest BCUT2D eigenvalue weighted by molar-refractivity contribution is 0.0975. The number of nitrogens with zero attached hydrogens (tertiary/aromatic N) is 1. The van der Waals surface area contributed by atoms with Crippen LogP contribution in [0.3, 0.4) is 0 Å². The molecule has 0 saturated heterocycles. The minimum Gasteiger partial charge on any atom is -0.388 e. The molecule has 1 aliphatic rings. The van der Waals surface area contributed by atoms with E-state index in [9.17, 15) is 5.11 Å². The lowest BCUT2D eigenvalue weighted by Crippen LogP contribution is -2.27. The third-order valence-electron chi connectivity index (χ3n) is 4.40. The lowest BCUT2D eigenvalue weighted by atomic mass is 9.75. The van der Waals surface area contributed by atoms with Gasteiger partial charge in [0.2, 0.25) is 0 Å². The van der Waals surface area contributed by atoms with Crippen LogP contribution < -0.4 is 0 Å². The number of hydrogen-bond acceptors (Lipinski definition) is 2. The van der Waals surface area contributed by atoms with E-state index in [4.69, 9.17) is 0 Å². The first-order valence-electron chi connectivity index (χ1n) is 7.35. The highest BCUT2D eigenvalue weighted by molar-refractivity contribution is 7.07. The van der Waals surface area contributed by atoms with E-state index in [1.807, 2.05) is 0 Å². The molecule has 0 spiro atoms. The highest BCUT2D eigenvalue weighted by atomic mass is 32.1. The Kier molecular flexibility index (Phi) is 3.51. The van der Waals surface area contributed by atoms with Gasteiger partial charge in [-0.15, -0.1) is 0 Å². The molecule has 3 rings (SSSR count). The Morgan fingerprint density at radius 2 is 2.25 bits per heavy atom. The van der Waals surface area contributed by atoms with Crippen molar-refractivity contribution in [3.63, 3.8) is 0 Å². The zero-order valence-electron chi connectivity index (χ0n) is 12.5.